The number of hydrogen-bond acceptors (Lipinski definition) is 2. The molecule has 24 heavy (non-hydrogen) atoms. The van der Waals surface area contributed by atoms with Crippen molar-refractivity contribution in [2.75, 3.05) is 19.6 Å². The Bertz CT molecular complexity index is 555. The maximum absolute atomic E-state index is 12.8. The Balaban J connectivity index is 0.00000288. The number of carbonyl (C=O) groups excluding carboxylic acids is 1. The van der Waals surface area contributed by atoms with Crippen molar-refractivity contribution < 1.29 is 18.0 Å². The molecule has 1 aliphatic rings. The van der Waals surface area contributed by atoms with E-state index in [0.29, 0.717) is 18.7 Å². The summed E-state index contributed by atoms with van der Waals surface area (Å²) < 4.78 is 38.5. The van der Waals surface area contributed by atoms with E-state index >= 15 is 0 Å². The van der Waals surface area contributed by atoms with Crippen LogP contribution in [0.25, 0.3) is 0 Å². The summed E-state index contributed by atoms with van der Waals surface area (Å²) in [7, 11) is 0. The molecule has 1 aromatic carbocycles. The highest BCUT2D eigenvalue weighted by Gasteiger charge is 2.32. The molecule has 1 atom stereocenters. The van der Waals surface area contributed by atoms with E-state index in [1.165, 1.54) is 6.07 Å². The molecule has 1 heterocycles. The van der Waals surface area contributed by atoms with Gasteiger partial charge in [0.05, 0.1) is 11.5 Å². The highest BCUT2D eigenvalue weighted by Crippen LogP contribution is 2.32. The third-order valence-electron chi connectivity index (χ3n) is 4.34. The minimum atomic E-state index is -4.36. The van der Waals surface area contributed by atoms with Gasteiger partial charge in [-0.2, -0.15) is 13.2 Å². The molecular weight excluding hydrogens is 341 g/mol. The summed E-state index contributed by atoms with van der Waals surface area (Å²) in [6.45, 7) is 5.57. The number of alkyl halides is 3. The first-order valence-electron chi connectivity index (χ1n) is 7.86. The van der Waals surface area contributed by atoms with Crippen LogP contribution in [0.15, 0.2) is 24.3 Å². The summed E-state index contributed by atoms with van der Waals surface area (Å²) >= 11 is 0. The zero-order chi connectivity index (χ0) is 17.1. The number of halogens is 4. The molecule has 2 N–H and O–H groups in total. The van der Waals surface area contributed by atoms with Crippen LogP contribution in [0.4, 0.5) is 13.2 Å². The molecule has 2 rings (SSSR count). The minimum absolute atomic E-state index is 0. The van der Waals surface area contributed by atoms with Gasteiger partial charge in [-0.25, -0.2) is 0 Å². The van der Waals surface area contributed by atoms with Gasteiger partial charge in [-0.1, -0.05) is 32.0 Å². The maximum atomic E-state index is 12.8. The van der Waals surface area contributed by atoms with Gasteiger partial charge in [0.1, 0.15) is 0 Å². The molecule has 0 aliphatic carbocycles. The van der Waals surface area contributed by atoms with E-state index < -0.39 is 17.2 Å². The van der Waals surface area contributed by atoms with Crippen molar-refractivity contribution in [3.05, 3.63) is 35.4 Å². The summed E-state index contributed by atoms with van der Waals surface area (Å²) in [5.41, 5.74) is -0.667. The van der Waals surface area contributed by atoms with Gasteiger partial charge in [-0.3, -0.25) is 4.79 Å². The van der Waals surface area contributed by atoms with E-state index in [0.717, 1.165) is 31.5 Å². The molecule has 3 nitrogen and oxygen atoms in total. The lowest BCUT2D eigenvalue weighted by atomic mass is 9.83. The molecule has 0 aromatic heterocycles. The quantitative estimate of drug-likeness (QED) is 0.858. The predicted molar refractivity (Wildman–Crippen MR) is 90.3 cm³/mol. The van der Waals surface area contributed by atoms with Gasteiger partial charge in [-0.15, -0.1) is 12.4 Å². The molecule has 1 amide bonds. The van der Waals surface area contributed by atoms with Crippen molar-refractivity contribution >= 4 is 18.3 Å². The molecule has 0 saturated carbocycles. The van der Waals surface area contributed by atoms with Crippen molar-refractivity contribution in [2.45, 2.75) is 38.3 Å². The maximum Gasteiger partial charge on any atom is 0.416 e. The zero-order valence-corrected chi connectivity index (χ0v) is 14.7. The van der Waals surface area contributed by atoms with Crippen LogP contribution in [-0.4, -0.2) is 25.5 Å². The fourth-order valence-corrected chi connectivity index (χ4v) is 2.75. The Kier molecular flexibility index (Phi) is 7.10. The molecular formula is C17H24ClF3N2O. The number of benzene rings is 1. The second-order valence-corrected chi connectivity index (χ2v) is 6.72. The number of rotatable bonds is 4. The van der Waals surface area contributed by atoms with Crippen molar-refractivity contribution in [3.63, 3.8) is 0 Å². The Hall–Kier alpha value is -1.27. The van der Waals surface area contributed by atoms with Crippen molar-refractivity contribution in [2.24, 2.45) is 5.92 Å². The SMILES string of the molecule is CC(C)(CNC(=O)C1CCCNC1)c1cccc(C(F)(F)F)c1.Cl. The number of nitrogens with one attached hydrogen (secondary N) is 2. The van der Waals surface area contributed by atoms with Crippen molar-refractivity contribution in [3.8, 4) is 0 Å². The Morgan fingerprint density at radius 2 is 1.96 bits per heavy atom. The van der Waals surface area contributed by atoms with Gasteiger partial charge in [0.15, 0.2) is 0 Å². The van der Waals surface area contributed by atoms with Crippen LogP contribution in [0.1, 0.15) is 37.8 Å². The monoisotopic (exact) mass is 364 g/mol. The molecule has 0 spiro atoms. The van der Waals surface area contributed by atoms with Crippen molar-refractivity contribution in [1.82, 2.24) is 10.6 Å². The molecule has 136 valence electrons. The number of hydrogen-bond donors (Lipinski definition) is 2. The lowest BCUT2D eigenvalue weighted by Gasteiger charge is -2.28. The second kappa shape index (κ2) is 8.21. The van der Waals surface area contributed by atoms with Crippen LogP contribution in [-0.2, 0) is 16.4 Å². The summed E-state index contributed by atoms with van der Waals surface area (Å²) in [6.07, 6.45) is -2.54. The van der Waals surface area contributed by atoms with E-state index in [2.05, 4.69) is 10.6 Å². The standard InChI is InChI=1S/C17H23F3N2O.ClH/c1-16(2,11-22-15(23)12-5-4-8-21-10-12)13-6-3-7-14(9-13)17(18,19)20;/h3,6-7,9,12,21H,4-5,8,10-11H2,1-2H3,(H,22,23);1H. The molecule has 0 radical (unpaired) electrons. The van der Waals surface area contributed by atoms with E-state index in [1.807, 2.05) is 13.8 Å². The molecule has 1 aliphatic heterocycles. The minimum Gasteiger partial charge on any atom is -0.355 e. The van der Waals surface area contributed by atoms with Crippen LogP contribution in [0, 0.1) is 5.92 Å². The van der Waals surface area contributed by atoms with E-state index in [-0.39, 0.29) is 24.2 Å². The summed E-state index contributed by atoms with van der Waals surface area (Å²) in [5, 5.41) is 6.07. The third kappa shape index (κ3) is 5.38. The number of amides is 1. The molecule has 1 fully saturated rings. The molecule has 0 bridgehead atoms. The predicted octanol–water partition coefficient (Wildman–Crippen LogP) is 3.52. The summed E-state index contributed by atoms with van der Waals surface area (Å²) in [6, 6.07) is 5.30. The first kappa shape index (κ1) is 20.8. The smallest absolute Gasteiger partial charge is 0.355 e. The van der Waals surface area contributed by atoms with Crippen molar-refractivity contribution in [1.29, 1.82) is 0 Å². The average Bonchev–Trinajstić information content (AvgIpc) is 2.53. The fourth-order valence-electron chi connectivity index (χ4n) is 2.75. The average molecular weight is 365 g/mol. The lowest BCUT2D eigenvalue weighted by Crippen LogP contribution is -2.44. The van der Waals surface area contributed by atoms with Crippen LogP contribution in [0.5, 0.6) is 0 Å². The summed E-state index contributed by atoms with van der Waals surface area (Å²) in [5.74, 6) is -0.0849. The number of carbonyl (C=O) groups is 1. The molecule has 1 unspecified atom stereocenters. The van der Waals surface area contributed by atoms with Gasteiger partial charge < -0.3 is 10.6 Å². The van der Waals surface area contributed by atoms with Gasteiger partial charge >= 0.3 is 6.18 Å². The molecule has 1 saturated heterocycles. The largest absolute Gasteiger partial charge is 0.416 e. The first-order chi connectivity index (χ1) is 10.7. The Morgan fingerprint density at radius 3 is 2.54 bits per heavy atom. The number of piperidine rings is 1. The third-order valence-corrected chi connectivity index (χ3v) is 4.34. The van der Waals surface area contributed by atoms with E-state index in [4.69, 9.17) is 0 Å². The Morgan fingerprint density at radius 1 is 1.29 bits per heavy atom. The normalized spacial score (nSPS) is 18.6. The van der Waals surface area contributed by atoms with Crippen LogP contribution < -0.4 is 10.6 Å². The van der Waals surface area contributed by atoms with Crippen LogP contribution in [0.3, 0.4) is 0 Å². The molecule has 1 aromatic rings. The summed E-state index contributed by atoms with van der Waals surface area (Å²) in [4.78, 5) is 12.2. The topological polar surface area (TPSA) is 41.1 Å². The lowest BCUT2D eigenvalue weighted by molar-refractivity contribution is -0.137. The zero-order valence-electron chi connectivity index (χ0n) is 13.9. The first-order valence-corrected chi connectivity index (χ1v) is 7.86. The highest BCUT2D eigenvalue weighted by molar-refractivity contribution is 5.85. The highest BCUT2D eigenvalue weighted by atomic mass is 35.5. The van der Waals surface area contributed by atoms with Gasteiger partial charge in [-0.05, 0) is 31.0 Å². The van der Waals surface area contributed by atoms with E-state index in [1.54, 1.807) is 6.07 Å². The second-order valence-electron chi connectivity index (χ2n) is 6.72. The van der Waals surface area contributed by atoms with Gasteiger partial charge in [0, 0.05) is 18.5 Å². The van der Waals surface area contributed by atoms with Crippen LogP contribution >= 0.6 is 12.4 Å². The van der Waals surface area contributed by atoms with Gasteiger partial charge in [0.2, 0.25) is 5.91 Å². The van der Waals surface area contributed by atoms with Crippen LogP contribution in [0.2, 0.25) is 0 Å². The van der Waals surface area contributed by atoms with Gasteiger partial charge in [0.25, 0.3) is 0 Å². The fraction of sp³-hybridized carbons (Fsp3) is 0.588. The Labute approximate surface area is 146 Å². The van der Waals surface area contributed by atoms with E-state index in [9.17, 15) is 18.0 Å². The molecule has 7 heteroatoms.